The fourth-order valence-electron chi connectivity index (χ4n) is 2.46. The molecule has 1 amide bonds. The summed E-state index contributed by atoms with van der Waals surface area (Å²) in [7, 11) is 0. The van der Waals surface area contributed by atoms with Crippen molar-refractivity contribution in [3.63, 3.8) is 0 Å². The molecular formula is C20H19FN4O. The van der Waals surface area contributed by atoms with Crippen LogP contribution in [0.2, 0.25) is 0 Å². The van der Waals surface area contributed by atoms with Gasteiger partial charge >= 0.3 is 0 Å². The maximum absolute atomic E-state index is 13.6. The second kappa shape index (κ2) is 8.20. The van der Waals surface area contributed by atoms with Crippen molar-refractivity contribution in [1.29, 1.82) is 0 Å². The lowest BCUT2D eigenvalue weighted by atomic mass is 10.1. The van der Waals surface area contributed by atoms with E-state index in [1.807, 2.05) is 31.2 Å². The molecule has 0 aliphatic heterocycles. The van der Waals surface area contributed by atoms with Crippen LogP contribution in [0, 0.1) is 12.7 Å². The van der Waals surface area contributed by atoms with Gasteiger partial charge in [-0.3, -0.25) is 4.79 Å². The lowest BCUT2D eigenvalue weighted by molar-refractivity contribution is 0.102. The first-order chi connectivity index (χ1) is 12.6. The first-order valence-electron chi connectivity index (χ1n) is 8.30. The summed E-state index contributed by atoms with van der Waals surface area (Å²) in [6.45, 7) is 2.44. The van der Waals surface area contributed by atoms with Crippen LogP contribution in [0.4, 0.5) is 15.9 Å². The topological polar surface area (TPSA) is 66.9 Å². The average molecular weight is 350 g/mol. The van der Waals surface area contributed by atoms with Crippen LogP contribution in [0.1, 0.15) is 21.6 Å². The van der Waals surface area contributed by atoms with E-state index in [0.717, 1.165) is 11.3 Å². The van der Waals surface area contributed by atoms with Gasteiger partial charge in [-0.15, -0.1) is 0 Å². The Hall–Kier alpha value is -3.28. The van der Waals surface area contributed by atoms with Gasteiger partial charge < -0.3 is 10.6 Å². The molecule has 3 rings (SSSR count). The van der Waals surface area contributed by atoms with Gasteiger partial charge in [0.15, 0.2) is 0 Å². The van der Waals surface area contributed by atoms with Crippen LogP contribution < -0.4 is 10.6 Å². The Balaban J connectivity index is 1.55. The van der Waals surface area contributed by atoms with Gasteiger partial charge in [-0.25, -0.2) is 14.4 Å². The van der Waals surface area contributed by atoms with Crippen LogP contribution in [0.15, 0.2) is 60.9 Å². The molecule has 0 spiro atoms. The van der Waals surface area contributed by atoms with Gasteiger partial charge in [-0.05, 0) is 36.6 Å². The Morgan fingerprint density at radius 2 is 1.81 bits per heavy atom. The van der Waals surface area contributed by atoms with Gasteiger partial charge in [-0.1, -0.05) is 36.4 Å². The molecule has 0 saturated heterocycles. The van der Waals surface area contributed by atoms with Crippen molar-refractivity contribution in [3.8, 4) is 0 Å². The summed E-state index contributed by atoms with van der Waals surface area (Å²) < 4.78 is 13.6. The predicted molar refractivity (Wildman–Crippen MR) is 99.8 cm³/mol. The fourth-order valence-corrected chi connectivity index (χ4v) is 2.46. The summed E-state index contributed by atoms with van der Waals surface area (Å²) in [5.74, 6) is 0.00194. The van der Waals surface area contributed by atoms with E-state index in [0.29, 0.717) is 24.3 Å². The molecule has 1 aromatic heterocycles. The number of aromatic nitrogens is 2. The van der Waals surface area contributed by atoms with Crippen molar-refractivity contribution in [2.24, 2.45) is 0 Å². The highest BCUT2D eigenvalue weighted by Crippen LogP contribution is 2.14. The predicted octanol–water partition coefficient (Wildman–Crippen LogP) is 3.83. The second-order valence-electron chi connectivity index (χ2n) is 5.82. The van der Waals surface area contributed by atoms with Crippen molar-refractivity contribution in [1.82, 2.24) is 9.97 Å². The van der Waals surface area contributed by atoms with Crippen molar-refractivity contribution in [2.45, 2.75) is 13.3 Å². The number of para-hydroxylation sites is 1. The molecule has 26 heavy (non-hydrogen) atoms. The monoisotopic (exact) mass is 350 g/mol. The molecule has 3 aromatic rings. The second-order valence-corrected chi connectivity index (χ2v) is 5.82. The van der Waals surface area contributed by atoms with Gasteiger partial charge in [0.05, 0.1) is 12.4 Å². The molecule has 0 aliphatic carbocycles. The molecule has 5 nitrogen and oxygen atoms in total. The maximum atomic E-state index is 13.6. The number of benzene rings is 2. The average Bonchev–Trinajstić information content (AvgIpc) is 2.66. The Kier molecular flexibility index (Phi) is 5.53. The van der Waals surface area contributed by atoms with Crippen LogP contribution in [-0.2, 0) is 6.42 Å². The summed E-state index contributed by atoms with van der Waals surface area (Å²) in [6, 6.07) is 14.2. The van der Waals surface area contributed by atoms with Crippen LogP contribution in [0.25, 0.3) is 0 Å². The van der Waals surface area contributed by atoms with Crippen molar-refractivity contribution in [2.75, 3.05) is 17.2 Å². The van der Waals surface area contributed by atoms with E-state index < -0.39 is 0 Å². The van der Waals surface area contributed by atoms with Crippen molar-refractivity contribution in [3.05, 3.63) is 83.6 Å². The standard InChI is InChI=1S/C20H19FN4O/c1-14-6-2-5-9-17(14)25-20(26)18-12-24-19(13-23-18)22-11-10-15-7-3-4-8-16(15)21/h2-9,12-13H,10-11H2,1H3,(H,22,24)(H,25,26). The van der Waals surface area contributed by atoms with Crippen LogP contribution >= 0.6 is 0 Å². The van der Waals surface area contributed by atoms with Gasteiger partial charge in [0.25, 0.3) is 5.91 Å². The summed E-state index contributed by atoms with van der Waals surface area (Å²) in [5, 5.41) is 5.89. The van der Waals surface area contributed by atoms with Crippen LogP contribution in [0.5, 0.6) is 0 Å². The first kappa shape index (κ1) is 17.5. The zero-order chi connectivity index (χ0) is 18.4. The molecule has 0 unspecified atom stereocenters. The number of carbonyl (C=O) groups excluding carboxylic acids is 1. The molecule has 0 saturated carbocycles. The number of nitrogens with one attached hydrogen (secondary N) is 2. The van der Waals surface area contributed by atoms with E-state index >= 15 is 0 Å². The van der Waals surface area contributed by atoms with Gasteiger partial charge in [-0.2, -0.15) is 0 Å². The third-order valence-electron chi connectivity index (χ3n) is 3.94. The quantitative estimate of drug-likeness (QED) is 0.709. The SMILES string of the molecule is Cc1ccccc1NC(=O)c1cnc(NCCc2ccccc2F)cn1. The highest BCUT2D eigenvalue weighted by atomic mass is 19.1. The largest absolute Gasteiger partial charge is 0.368 e. The Morgan fingerprint density at radius 1 is 1.04 bits per heavy atom. The number of hydrogen-bond acceptors (Lipinski definition) is 4. The third-order valence-corrected chi connectivity index (χ3v) is 3.94. The summed E-state index contributed by atoms with van der Waals surface area (Å²) in [5.41, 5.74) is 2.58. The number of carbonyl (C=O) groups is 1. The summed E-state index contributed by atoms with van der Waals surface area (Å²) in [4.78, 5) is 20.6. The lowest BCUT2D eigenvalue weighted by Crippen LogP contribution is -2.15. The van der Waals surface area contributed by atoms with Crippen molar-refractivity contribution < 1.29 is 9.18 Å². The van der Waals surface area contributed by atoms with Gasteiger partial charge in [0.2, 0.25) is 0 Å². The molecular weight excluding hydrogens is 331 g/mol. The number of aryl methyl sites for hydroxylation is 1. The molecule has 2 aromatic carbocycles. The van der Waals surface area contributed by atoms with E-state index in [1.54, 1.807) is 18.2 Å². The lowest BCUT2D eigenvalue weighted by Gasteiger charge is -2.08. The minimum Gasteiger partial charge on any atom is -0.368 e. The molecule has 0 atom stereocenters. The third kappa shape index (κ3) is 4.42. The molecule has 0 fully saturated rings. The van der Waals surface area contributed by atoms with Gasteiger partial charge in [0, 0.05) is 12.2 Å². The molecule has 2 N–H and O–H groups in total. The van der Waals surface area contributed by atoms with Gasteiger partial charge in [0.1, 0.15) is 17.3 Å². The van der Waals surface area contributed by atoms with E-state index in [9.17, 15) is 9.18 Å². The number of nitrogens with zero attached hydrogens (tertiary/aromatic N) is 2. The van der Waals surface area contributed by atoms with E-state index in [1.165, 1.54) is 18.5 Å². The molecule has 0 bridgehead atoms. The molecule has 6 heteroatoms. The zero-order valence-corrected chi connectivity index (χ0v) is 14.4. The molecule has 0 aliphatic rings. The summed E-state index contributed by atoms with van der Waals surface area (Å²) in [6.07, 6.45) is 3.44. The summed E-state index contributed by atoms with van der Waals surface area (Å²) >= 11 is 0. The highest BCUT2D eigenvalue weighted by Gasteiger charge is 2.09. The molecule has 1 heterocycles. The zero-order valence-electron chi connectivity index (χ0n) is 14.4. The number of halogens is 1. The Labute approximate surface area is 151 Å². The van der Waals surface area contributed by atoms with Crippen molar-refractivity contribution >= 4 is 17.4 Å². The number of hydrogen-bond donors (Lipinski definition) is 2. The smallest absolute Gasteiger partial charge is 0.275 e. The Morgan fingerprint density at radius 3 is 2.54 bits per heavy atom. The Bertz CT molecular complexity index is 896. The minimum absolute atomic E-state index is 0.219. The fraction of sp³-hybridized carbons (Fsp3) is 0.150. The van der Waals surface area contributed by atoms with Crippen LogP contribution in [-0.4, -0.2) is 22.4 Å². The van der Waals surface area contributed by atoms with E-state index in [2.05, 4.69) is 20.6 Å². The van der Waals surface area contributed by atoms with E-state index in [4.69, 9.17) is 0 Å². The normalized spacial score (nSPS) is 10.4. The number of anilines is 2. The molecule has 0 radical (unpaired) electrons. The van der Waals surface area contributed by atoms with E-state index in [-0.39, 0.29) is 17.4 Å². The minimum atomic E-state index is -0.315. The molecule has 132 valence electrons. The van der Waals surface area contributed by atoms with Crippen LogP contribution in [0.3, 0.4) is 0 Å². The number of amides is 1. The number of rotatable bonds is 6. The first-order valence-corrected chi connectivity index (χ1v) is 8.30. The highest BCUT2D eigenvalue weighted by molar-refractivity contribution is 6.03. The maximum Gasteiger partial charge on any atom is 0.275 e.